The van der Waals surface area contributed by atoms with Crippen LogP contribution in [0.5, 0.6) is 0 Å². The fourth-order valence-corrected chi connectivity index (χ4v) is 2.20. The minimum atomic E-state index is -4.42. The molecule has 1 amide bonds. The highest BCUT2D eigenvalue weighted by molar-refractivity contribution is 6.09. The number of carbonyl (C=O) groups is 1. The van der Waals surface area contributed by atoms with Gasteiger partial charge in [0.2, 0.25) is 0 Å². The van der Waals surface area contributed by atoms with Gasteiger partial charge < -0.3 is 4.90 Å². The lowest BCUT2D eigenvalue weighted by molar-refractivity contribution is -0.137. The van der Waals surface area contributed by atoms with Gasteiger partial charge in [-0.15, -0.1) is 0 Å². The smallest absolute Gasteiger partial charge is 0.304 e. The van der Waals surface area contributed by atoms with E-state index in [1.807, 2.05) is 0 Å². The molecule has 0 fully saturated rings. The number of amides is 1. The molecule has 1 aromatic carbocycles. The molecule has 0 atom stereocenters. The van der Waals surface area contributed by atoms with Gasteiger partial charge in [-0.1, -0.05) is 6.07 Å². The summed E-state index contributed by atoms with van der Waals surface area (Å²) >= 11 is 0. The van der Waals surface area contributed by atoms with Crippen LogP contribution in [-0.4, -0.2) is 10.9 Å². The van der Waals surface area contributed by atoms with Crippen molar-refractivity contribution >= 4 is 11.6 Å². The number of nitrogens with zero attached hydrogens (tertiary/aromatic N) is 2. The molecule has 1 aliphatic heterocycles. The normalized spacial score (nSPS) is 14.6. The van der Waals surface area contributed by atoms with Crippen LogP contribution in [0.3, 0.4) is 0 Å². The number of alkyl halides is 3. The Hall–Kier alpha value is -2.37. The van der Waals surface area contributed by atoms with Crippen LogP contribution in [0.15, 0.2) is 42.7 Å². The van der Waals surface area contributed by atoms with Crippen molar-refractivity contribution in [1.29, 1.82) is 0 Å². The number of rotatable bonds is 1. The van der Waals surface area contributed by atoms with Crippen LogP contribution in [-0.2, 0) is 12.7 Å². The highest BCUT2D eigenvalue weighted by atomic mass is 19.4. The van der Waals surface area contributed by atoms with E-state index >= 15 is 0 Å². The minimum Gasteiger partial charge on any atom is -0.304 e. The van der Waals surface area contributed by atoms with E-state index in [1.165, 1.54) is 23.2 Å². The van der Waals surface area contributed by atoms with Crippen LogP contribution in [0.1, 0.15) is 21.5 Å². The number of aromatic nitrogens is 1. The first-order chi connectivity index (χ1) is 9.47. The second-order valence-corrected chi connectivity index (χ2v) is 4.47. The van der Waals surface area contributed by atoms with Crippen molar-refractivity contribution in [2.24, 2.45) is 0 Å². The fraction of sp³-hybridized carbons (Fsp3) is 0.143. The van der Waals surface area contributed by atoms with E-state index in [1.54, 1.807) is 12.3 Å². The molecule has 0 saturated carbocycles. The van der Waals surface area contributed by atoms with E-state index in [0.717, 1.165) is 17.7 Å². The maximum atomic E-state index is 12.7. The molecule has 0 radical (unpaired) electrons. The number of pyridine rings is 1. The summed E-state index contributed by atoms with van der Waals surface area (Å²) in [5.41, 5.74) is 0.672. The van der Waals surface area contributed by atoms with Crippen molar-refractivity contribution in [3.8, 4) is 0 Å². The Labute approximate surface area is 112 Å². The van der Waals surface area contributed by atoms with E-state index in [4.69, 9.17) is 0 Å². The third-order valence-electron chi connectivity index (χ3n) is 3.20. The number of fused-ring (bicyclic) bond motifs is 1. The molecule has 0 spiro atoms. The Morgan fingerprint density at radius 1 is 1.20 bits per heavy atom. The Balaban J connectivity index is 1.98. The van der Waals surface area contributed by atoms with Gasteiger partial charge in [-0.05, 0) is 29.8 Å². The molecule has 0 bridgehead atoms. The molecule has 1 aliphatic rings. The third-order valence-corrected chi connectivity index (χ3v) is 3.20. The van der Waals surface area contributed by atoms with Crippen molar-refractivity contribution in [1.82, 2.24) is 4.98 Å². The average Bonchev–Trinajstić information content (AvgIpc) is 2.76. The van der Waals surface area contributed by atoms with Gasteiger partial charge in [-0.2, -0.15) is 13.2 Å². The summed E-state index contributed by atoms with van der Waals surface area (Å²) in [7, 11) is 0. The number of hydrogen-bond donors (Lipinski definition) is 0. The van der Waals surface area contributed by atoms with Crippen LogP contribution < -0.4 is 4.90 Å². The maximum absolute atomic E-state index is 12.7. The van der Waals surface area contributed by atoms with Crippen molar-refractivity contribution in [2.45, 2.75) is 12.7 Å². The number of hydrogen-bond acceptors (Lipinski definition) is 2. The van der Waals surface area contributed by atoms with Gasteiger partial charge in [0, 0.05) is 18.1 Å². The summed E-state index contributed by atoms with van der Waals surface area (Å²) in [6, 6.07) is 6.45. The van der Waals surface area contributed by atoms with Crippen LogP contribution >= 0.6 is 0 Å². The monoisotopic (exact) mass is 278 g/mol. The number of benzene rings is 1. The van der Waals surface area contributed by atoms with E-state index in [-0.39, 0.29) is 18.1 Å². The summed E-state index contributed by atoms with van der Waals surface area (Å²) in [4.78, 5) is 17.3. The zero-order valence-corrected chi connectivity index (χ0v) is 10.2. The van der Waals surface area contributed by atoms with E-state index in [0.29, 0.717) is 5.56 Å². The Morgan fingerprint density at radius 2 is 2.00 bits per heavy atom. The molecule has 2 heterocycles. The highest BCUT2D eigenvalue weighted by Gasteiger charge is 2.33. The second-order valence-electron chi connectivity index (χ2n) is 4.47. The van der Waals surface area contributed by atoms with Crippen molar-refractivity contribution in [3.63, 3.8) is 0 Å². The Kier molecular flexibility index (Phi) is 2.74. The van der Waals surface area contributed by atoms with Gasteiger partial charge in [0.05, 0.1) is 17.7 Å². The van der Waals surface area contributed by atoms with Crippen LogP contribution in [0.4, 0.5) is 18.9 Å². The molecular formula is C14H9F3N2O. The predicted molar refractivity (Wildman–Crippen MR) is 66.2 cm³/mol. The average molecular weight is 278 g/mol. The third kappa shape index (κ3) is 2.03. The molecule has 102 valence electrons. The van der Waals surface area contributed by atoms with Crippen LogP contribution in [0, 0.1) is 0 Å². The van der Waals surface area contributed by atoms with Crippen molar-refractivity contribution < 1.29 is 18.0 Å². The molecule has 0 saturated heterocycles. The first-order valence-electron chi connectivity index (χ1n) is 5.89. The Bertz CT molecular complexity index is 682. The SMILES string of the molecule is O=C1c2cnccc2CN1c1cccc(C(F)(F)F)c1. The quantitative estimate of drug-likeness (QED) is 0.802. The first-order valence-corrected chi connectivity index (χ1v) is 5.89. The number of carbonyl (C=O) groups excluding carboxylic acids is 1. The zero-order chi connectivity index (χ0) is 14.3. The van der Waals surface area contributed by atoms with E-state index in [2.05, 4.69) is 4.98 Å². The minimum absolute atomic E-state index is 0.237. The lowest BCUT2D eigenvalue weighted by atomic mass is 10.2. The van der Waals surface area contributed by atoms with Gasteiger partial charge in [0.15, 0.2) is 0 Å². The molecule has 3 nitrogen and oxygen atoms in total. The number of anilines is 1. The van der Waals surface area contributed by atoms with E-state index < -0.39 is 11.7 Å². The van der Waals surface area contributed by atoms with Crippen molar-refractivity contribution in [2.75, 3.05) is 4.90 Å². The molecular weight excluding hydrogens is 269 g/mol. The van der Waals surface area contributed by atoms with E-state index in [9.17, 15) is 18.0 Å². The lowest BCUT2D eigenvalue weighted by Gasteiger charge is -2.17. The molecule has 2 aromatic rings. The summed E-state index contributed by atoms with van der Waals surface area (Å²) < 4.78 is 38.1. The molecule has 1 aromatic heterocycles. The first kappa shape index (κ1) is 12.7. The van der Waals surface area contributed by atoms with Gasteiger partial charge in [0.1, 0.15) is 0 Å². The van der Waals surface area contributed by atoms with Crippen LogP contribution in [0.2, 0.25) is 0 Å². The maximum Gasteiger partial charge on any atom is 0.416 e. The van der Waals surface area contributed by atoms with Crippen LogP contribution in [0.25, 0.3) is 0 Å². The molecule has 0 unspecified atom stereocenters. The summed E-state index contributed by atoms with van der Waals surface area (Å²) in [6.45, 7) is 0.262. The largest absolute Gasteiger partial charge is 0.416 e. The Morgan fingerprint density at radius 3 is 2.70 bits per heavy atom. The predicted octanol–water partition coefficient (Wildman–Crippen LogP) is 3.26. The van der Waals surface area contributed by atoms with Gasteiger partial charge in [0.25, 0.3) is 5.91 Å². The molecule has 6 heteroatoms. The van der Waals surface area contributed by atoms with Crippen molar-refractivity contribution in [3.05, 3.63) is 59.4 Å². The van der Waals surface area contributed by atoms with Gasteiger partial charge >= 0.3 is 6.18 Å². The van der Waals surface area contributed by atoms with Gasteiger partial charge in [-0.3, -0.25) is 9.78 Å². The molecule has 3 rings (SSSR count). The topological polar surface area (TPSA) is 33.2 Å². The summed E-state index contributed by atoms with van der Waals surface area (Å²) in [5.74, 6) is -0.326. The summed E-state index contributed by atoms with van der Waals surface area (Å²) in [5, 5.41) is 0. The molecule has 0 aliphatic carbocycles. The fourth-order valence-electron chi connectivity index (χ4n) is 2.20. The summed E-state index contributed by atoms with van der Waals surface area (Å²) in [6.07, 6.45) is -1.43. The highest BCUT2D eigenvalue weighted by Crippen LogP contribution is 2.34. The molecule has 0 N–H and O–H groups in total. The number of halogens is 3. The second kappa shape index (κ2) is 4.33. The lowest BCUT2D eigenvalue weighted by Crippen LogP contribution is -2.23. The van der Waals surface area contributed by atoms with Gasteiger partial charge in [-0.25, -0.2) is 0 Å². The standard InChI is InChI=1S/C14H9F3N2O/c15-14(16,17)10-2-1-3-11(6-10)19-8-9-4-5-18-7-12(9)13(19)20/h1-7H,8H2. The molecule has 20 heavy (non-hydrogen) atoms. The zero-order valence-electron chi connectivity index (χ0n) is 10.2.